The van der Waals surface area contributed by atoms with Gasteiger partial charge in [-0.05, 0) is 18.2 Å². The minimum atomic E-state index is -0.0842. The maximum absolute atomic E-state index is 12.4. The van der Waals surface area contributed by atoms with Crippen molar-refractivity contribution in [1.29, 1.82) is 0 Å². The Morgan fingerprint density at radius 1 is 1.12 bits per heavy atom. The van der Waals surface area contributed by atoms with Crippen LogP contribution >= 0.6 is 11.6 Å². The van der Waals surface area contributed by atoms with Crippen LogP contribution in [-0.2, 0) is 4.74 Å². The number of carbonyl (C=O) groups is 1. The number of halogens is 1. The number of anilines is 1. The summed E-state index contributed by atoms with van der Waals surface area (Å²) in [5.41, 5.74) is 0.676. The number of morpholine rings is 1. The second-order valence-electron chi connectivity index (χ2n) is 6.56. The van der Waals surface area contributed by atoms with E-state index in [4.69, 9.17) is 21.1 Å². The number of benzene rings is 1. The van der Waals surface area contributed by atoms with Crippen molar-refractivity contribution < 1.29 is 14.3 Å². The summed E-state index contributed by atoms with van der Waals surface area (Å²) in [4.78, 5) is 19.2. The van der Waals surface area contributed by atoms with Gasteiger partial charge in [0.25, 0.3) is 0 Å². The lowest BCUT2D eigenvalue weighted by Crippen LogP contribution is -2.51. The molecule has 0 bridgehead atoms. The molecule has 2 saturated heterocycles. The molecule has 0 spiro atoms. The molecular weight excluding hydrogens is 356 g/mol. The lowest BCUT2D eigenvalue weighted by molar-refractivity contribution is 0.0311. The highest BCUT2D eigenvalue weighted by molar-refractivity contribution is 6.32. The minimum absolute atomic E-state index is 0.0842. The van der Waals surface area contributed by atoms with Crippen molar-refractivity contribution in [3.63, 3.8) is 0 Å². The van der Waals surface area contributed by atoms with E-state index in [-0.39, 0.29) is 6.03 Å². The van der Waals surface area contributed by atoms with Gasteiger partial charge in [0, 0.05) is 58.0 Å². The van der Waals surface area contributed by atoms with Crippen LogP contribution in [0.25, 0.3) is 0 Å². The highest BCUT2D eigenvalue weighted by atomic mass is 35.5. The fourth-order valence-electron chi connectivity index (χ4n) is 3.23. The van der Waals surface area contributed by atoms with Crippen LogP contribution in [0.2, 0.25) is 5.02 Å². The monoisotopic (exact) mass is 382 g/mol. The smallest absolute Gasteiger partial charge is 0.321 e. The van der Waals surface area contributed by atoms with Gasteiger partial charge in [-0.1, -0.05) is 11.6 Å². The Labute approximate surface area is 159 Å². The zero-order chi connectivity index (χ0) is 18.4. The van der Waals surface area contributed by atoms with E-state index in [1.165, 1.54) is 0 Å². The van der Waals surface area contributed by atoms with Gasteiger partial charge in [-0.15, -0.1) is 0 Å². The molecule has 2 amide bonds. The molecule has 7 nitrogen and oxygen atoms in total. The molecule has 0 radical (unpaired) electrons. The summed E-state index contributed by atoms with van der Waals surface area (Å²) < 4.78 is 10.5. The maximum Gasteiger partial charge on any atom is 0.321 e. The molecule has 0 saturated carbocycles. The second kappa shape index (κ2) is 9.41. The van der Waals surface area contributed by atoms with Gasteiger partial charge in [0.1, 0.15) is 5.75 Å². The molecule has 3 rings (SSSR count). The first-order chi connectivity index (χ1) is 12.7. The molecule has 2 heterocycles. The summed E-state index contributed by atoms with van der Waals surface area (Å²) in [6, 6.07) is 5.17. The number of hydrogen-bond acceptors (Lipinski definition) is 5. The molecule has 0 unspecified atom stereocenters. The number of piperazine rings is 1. The number of hydrogen-bond donors (Lipinski definition) is 1. The molecule has 0 aromatic heterocycles. The van der Waals surface area contributed by atoms with Crippen molar-refractivity contribution in [2.24, 2.45) is 0 Å². The maximum atomic E-state index is 12.4. The Bertz CT molecular complexity index is 602. The van der Waals surface area contributed by atoms with Crippen molar-refractivity contribution >= 4 is 23.3 Å². The van der Waals surface area contributed by atoms with Crippen LogP contribution in [0.3, 0.4) is 0 Å². The first-order valence-corrected chi connectivity index (χ1v) is 9.45. The Balaban J connectivity index is 1.41. The molecule has 0 atom stereocenters. The number of urea groups is 1. The summed E-state index contributed by atoms with van der Waals surface area (Å²) in [5, 5.41) is 3.39. The molecule has 26 heavy (non-hydrogen) atoms. The zero-order valence-electron chi connectivity index (χ0n) is 15.2. The second-order valence-corrected chi connectivity index (χ2v) is 6.97. The van der Waals surface area contributed by atoms with E-state index < -0.39 is 0 Å². The first kappa shape index (κ1) is 19.2. The van der Waals surface area contributed by atoms with E-state index in [1.54, 1.807) is 25.3 Å². The predicted octanol–water partition coefficient (Wildman–Crippen LogP) is 1.83. The van der Waals surface area contributed by atoms with Gasteiger partial charge in [0.15, 0.2) is 0 Å². The van der Waals surface area contributed by atoms with Crippen LogP contribution in [-0.4, -0.2) is 93.4 Å². The number of carbonyl (C=O) groups excluding carboxylic acids is 1. The lowest BCUT2D eigenvalue weighted by atomic mass is 10.3. The molecule has 1 aromatic rings. The van der Waals surface area contributed by atoms with Gasteiger partial charge >= 0.3 is 6.03 Å². The fourth-order valence-corrected chi connectivity index (χ4v) is 3.49. The Kier molecular flexibility index (Phi) is 6.96. The number of nitrogens with one attached hydrogen (secondary N) is 1. The van der Waals surface area contributed by atoms with E-state index >= 15 is 0 Å². The molecule has 2 aliphatic heterocycles. The largest absolute Gasteiger partial charge is 0.495 e. The Hall–Kier alpha value is -1.54. The Morgan fingerprint density at radius 2 is 1.77 bits per heavy atom. The molecular formula is C18H27ClN4O3. The lowest BCUT2D eigenvalue weighted by Gasteiger charge is -2.36. The summed E-state index contributed by atoms with van der Waals surface area (Å²) in [7, 11) is 1.57. The number of nitrogens with zero attached hydrogens (tertiary/aromatic N) is 3. The summed E-state index contributed by atoms with van der Waals surface area (Å²) in [5.74, 6) is 0.596. The Morgan fingerprint density at radius 3 is 2.38 bits per heavy atom. The number of ether oxygens (including phenoxy) is 2. The molecule has 1 aromatic carbocycles. The zero-order valence-corrected chi connectivity index (χ0v) is 16.0. The van der Waals surface area contributed by atoms with Crippen molar-refractivity contribution in [2.45, 2.75) is 0 Å². The van der Waals surface area contributed by atoms with E-state index in [1.807, 2.05) is 4.90 Å². The van der Waals surface area contributed by atoms with Crippen molar-refractivity contribution in [3.05, 3.63) is 23.2 Å². The van der Waals surface area contributed by atoms with Crippen LogP contribution in [0, 0.1) is 0 Å². The van der Waals surface area contributed by atoms with Gasteiger partial charge in [0.2, 0.25) is 0 Å². The van der Waals surface area contributed by atoms with E-state index in [2.05, 4.69) is 15.1 Å². The molecule has 0 aliphatic carbocycles. The third-order valence-electron chi connectivity index (χ3n) is 4.90. The highest BCUT2D eigenvalue weighted by Gasteiger charge is 2.22. The van der Waals surface area contributed by atoms with Crippen LogP contribution in [0.5, 0.6) is 5.75 Å². The molecule has 8 heteroatoms. The van der Waals surface area contributed by atoms with Gasteiger partial charge in [0.05, 0.1) is 25.3 Å². The van der Waals surface area contributed by atoms with Gasteiger partial charge in [-0.3, -0.25) is 9.80 Å². The van der Waals surface area contributed by atoms with Gasteiger partial charge < -0.3 is 19.7 Å². The first-order valence-electron chi connectivity index (χ1n) is 9.07. The quantitative estimate of drug-likeness (QED) is 0.842. The SMILES string of the molecule is COc1ccc(NC(=O)N2CCN(CCN3CCOCC3)CC2)cc1Cl. The molecule has 144 valence electrons. The van der Waals surface area contributed by atoms with Crippen molar-refractivity contribution in [1.82, 2.24) is 14.7 Å². The van der Waals surface area contributed by atoms with Crippen LogP contribution in [0.1, 0.15) is 0 Å². The van der Waals surface area contributed by atoms with Crippen LogP contribution < -0.4 is 10.1 Å². The molecule has 1 N–H and O–H groups in total. The summed E-state index contributed by atoms with van der Waals surface area (Å²) in [6.45, 7) is 9.11. The van der Waals surface area contributed by atoms with Crippen molar-refractivity contribution in [2.75, 3.05) is 78.0 Å². The topological polar surface area (TPSA) is 57.3 Å². The fraction of sp³-hybridized carbons (Fsp3) is 0.611. The average Bonchev–Trinajstić information content (AvgIpc) is 2.68. The summed E-state index contributed by atoms with van der Waals surface area (Å²) in [6.07, 6.45) is 0. The van der Waals surface area contributed by atoms with Crippen molar-refractivity contribution in [3.8, 4) is 5.75 Å². The normalized spacial score (nSPS) is 19.4. The molecule has 2 fully saturated rings. The van der Waals surface area contributed by atoms with Crippen LogP contribution in [0.4, 0.5) is 10.5 Å². The number of rotatable bonds is 5. The van der Waals surface area contributed by atoms with E-state index in [0.717, 1.165) is 65.6 Å². The third kappa shape index (κ3) is 5.23. The van der Waals surface area contributed by atoms with E-state index in [9.17, 15) is 4.79 Å². The van der Waals surface area contributed by atoms with Crippen LogP contribution in [0.15, 0.2) is 18.2 Å². The highest BCUT2D eigenvalue weighted by Crippen LogP contribution is 2.27. The average molecular weight is 383 g/mol. The van der Waals surface area contributed by atoms with Gasteiger partial charge in [-0.2, -0.15) is 0 Å². The van der Waals surface area contributed by atoms with Gasteiger partial charge in [-0.25, -0.2) is 4.79 Å². The predicted molar refractivity (Wildman–Crippen MR) is 102 cm³/mol. The summed E-state index contributed by atoms with van der Waals surface area (Å²) >= 11 is 6.11. The number of amides is 2. The minimum Gasteiger partial charge on any atom is -0.495 e. The van der Waals surface area contributed by atoms with E-state index in [0.29, 0.717) is 16.5 Å². The number of methoxy groups -OCH3 is 1. The third-order valence-corrected chi connectivity index (χ3v) is 5.19. The molecule has 2 aliphatic rings. The standard InChI is InChI=1S/C18H27ClN4O3/c1-25-17-3-2-15(14-16(17)19)20-18(24)23-8-6-21(7-9-23)4-5-22-10-12-26-13-11-22/h2-3,14H,4-13H2,1H3,(H,20,24).